The normalized spacial score (nSPS) is 18.4. The van der Waals surface area contributed by atoms with Crippen LogP contribution >= 0.6 is 11.3 Å². The van der Waals surface area contributed by atoms with E-state index < -0.39 is 0 Å². The summed E-state index contributed by atoms with van der Waals surface area (Å²) >= 11 is 1.52. The van der Waals surface area contributed by atoms with Gasteiger partial charge in [0, 0.05) is 37.3 Å². The molecule has 0 radical (unpaired) electrons. The summed E-state index contributed by atoms with van der Waals surface area (Å²) in [5, 5.41) is 6.03. The van der Waals surface area contributed by atoms with E-state index >= 15 is 0 Å². The molecule has 0 N–H and O–H groups in total. The second-order valence-electron chi connectivity index (χ2n) is 6.96. The maximum Gasteiger partial charge on any atom is 0.274 e. The Hall–Kier alpha value is -2.22. The summed E-state index contributed by atoms with van der Waals surface area (Å²) < 4.78 is 7.34. The van der Waals surface area contributed by atoms with Gasteiger partial charge in [-0.05, 0) is 18.8 Å². The summed E-state index contributed by atoms with van der Waals surface area (Å²) in [4.78, 5) is 24.4. The zero-order valence-corrected chi connectivity index (χ0v) is 15.2. The van der Waals surface area contributed by atoms with E-state index in [-0.39, 0.29) is 11.8 Å². The van der Waals surface area contributed by atoms with Gasteiger partial charge in [0.2, 0.25) is 5.89 Å². The lowest BCUT2D eigenvalue weighted by atomic mass is 9.97. The molecule has 1 atom stereocenters. The lowest BCUT2D eigenvalue weighted by molar-refractivity contribution is 0.0690. The summed E-state index contributed by atoms with van der Waals surface area (Å²) in [6, 6.07) is 0. The first-order valence-corrected chi connectivity index (χ1v) is 9.52. The highest BCUT2D eigenvalue weighted by molar-refractivity contribution is 7.15. The first-order chi connectivity index (χ1) is 12.1. The second kappa shape index (κ2) is 6.59. The molecule has 0 aliphatic carbocycles. The summed E-state index contributed by atoms with van der Waals surface area (Å²) in [5.74, 6) is 1.98. The van der Waals surface area contributed by atoms with Crippen molar-refractivity contribution in [1.82, 2.24) is 24.4 Å². The number of aromatic nitrogens is 4. The average molecular weight is 359 g/mol. The Morgan fingerprint density at radius 3 is 3.12 bits per heavy atom. The van der Waals surface area contributed by atoms with Crippen LogP contribution in [0, 0.1) is 5.92 Å². The van der Waals surface area contributed by atoms with Crippen molar-refractivity contribution in [2.24, 2.45) is 5.92 Å². The van der Waals surface area contributed by atoms with E-state index in [1.54, 1.807) is 6.20 Å². The zero-order chi connectivity index (χ0) is 17.4. The van der Waals surface area contributed by atoms with E-state index in [0.717, 1.165) is 36.6 Å². The number of imidazole rings is 1. The highest BCUT2D eigenvalue weighted by atomic mass is 32.1. The third-order valence-corrected chi connectivity index (χ3v) is 5.22. The van der Waals surface area contributed by atoms with Crippen molar-refractivity contribution in [3.05, 3.63) is 35.2 Å². The average Bonchev–Trinajstić information content (AvgIpc) is 3.29. The van der Waals surface area contributed by atoms with Crippen LogP contribution in [0.5, 0.6) is 0 Å². The number of hydrogen-bond donors (Lipinski definition) is 0. The van der Waals surface area contributed by atoms with Crippen LogP contribution in [0.25, 0.3) is 4.96 Å². The van der Waals surface area contributed by atoms with Gasteiger partial charge in [-0.25, -0.2) is 4.98 Å². The van der Waals surface area contributed by atoms with Gasteiger partial charge in [0.25, 0.3) is 5.91 Å². The lowest BCUT2D eigenvalue weighted by Gasteiger charge is -2.30. The highest BCUT2D eigenvalue weighted by Gasteiger charge is 2.30. The van der Waals surface area contributed by atoms with Crippen LogP contribution in [0.2, 0.25) is 0 Å². The molecule has 25 heavy (non-hydrogen) atoms. The fourth-order valence-corrected chi connectivity index (χ4v) is 3.94. The summed E-state index contributed by atoms with van der Waals surface area (Å²) in [6.07, 6.45) is 6.42. The Balaban J connectivity index is 1.47. The number of thiazole rings is 1. The fourth-order valence-electron chi connectivity index (χ4n) is 3.24. The minimum absolute atomic E-state index is 0.0254. The zero-order valence-electron chi connectivity index (χ0n) is 14.4. The Morgan fingerprint density at radius 2 is 2.32 bits per heavy atom. The standard InChI is InChI=1S/C17H21N5O2S/c1-11(2)8-14-19-15(24-20-14)12-4-3-5-21(9-12)16(23)13-10-22-6-7-25-17(22)18-13/h6-7,10-12H,3-5,8-9H2,1-2H3/t12-/m1/s1. The maximum absolute atomic E-state index is 12.8. The van der Waals surface area contributed by atoms with Crippen LogP contribution in [0.4, 0.5) is 0 Å². The van der Waals surface area contributed by atoms with Crippen LogP contribution < -0.4 is 0 Å². The molecule has 3 aromatic rings. The summed E-state index contributed by atoms with van der Waals surface area (Å²) in [7, 11) is 0. The summed E-state index contributed by atoms with van der Waals surface area (Å²) in [5.41, 5.74) is 0.499. The van der Waals surface area contributed by atoms with Crippen LogP contribution in [0.1, 0.15) is 54.8 Å². The minimum atomic E-state index is -0.0254. The van der Waals surface area contributed by atoms with Crippen LogP contribution in [-0.2, 0) is 6.42 Å². The molecule has 3 aromatic heterocycles. The van der Waals surface area contributed by atoms with Gasteiger partial charge in [0.15, 0.2) is 10.8 Å². The molecular formula is C17H21N5O2S. The fraction of sp³-hybridized carbons (Fsp3) is 0.529. The first kappa shape index (κ1) is 16.3. The third-order valence-electron chi connectivity index (χ3n) is 4.44. The monoisotopic (exact) mass is 359 g/mol. The summed E-state index contributed by atoms with van der Waals surface area (Å²) in [6.45, 7) is 5.61. The smallest absolute Gasteiger partial charge is 0.274 e. The SMILES string of the molecule is CC(C)Cc1noc([C@@H]2CCCN(C(=O)c3cn4ccsc4n3)C2)n1. The van der Waals surface area contributed by atoms with Crippen molar-refractivity contribution in [2.75, 3.05) is 13.1 Å². The van der Waals surface area contributed by atoms with Crippen molar-refractivity contribution in [3.8, 4) is 0 Å². The first-order valence-electron chi connectivity index (χ1n) is 8.64. The van der Waals surface area contributed by atoms with Crippen LogP contribution in [-0.4, -0.2) is 43.4 Å². The third kappa shape index (κ3) is 3.30. The maximum atomic E-state index is 12.8. The number of hydrogen-bond acceptors (Lipinski definition) is 6. The van der Waals surface area contributed by atoms with Gasteiger partial charge in [0.05, 0.1) is 5.92 Å². The molecule has 132 valence electrons. The molecule has 1 saturated heterocycles. The molecular weight excluding hydrogens is 338 g/mol. The van der Waals surface area contributed by atoms with Gasteiger partial charge < -0.3 is 9.42 Å². The molecule has 1 aliphatic rings. The number of carbonyl (C=O) groups excluding carboxylic acids is 1. The van der Waals surface area contributed by atoms with Crippen molar-refractivity contribution < 1.29 is 9.32 Å². The van der Waals surface area contributed by atoms with Crippen molar-refractivity contribution in [3.63, 3.8) is 0 Å². The molecule has 7 nitrogen and oxygen atoms in total. The highest BCUT2D eigenvalue weighted by Crippen LogP contribution is 2.27. The molecule has 0 bridgehead atoms. The molecule has 0 aromatic carbocycles. The molecule has 0 saturated carbocycles. The van der Waals surface area contributed by atoms with Crippen LogP contribution in [0.3, 0.4) is 0 Å². The molecule has 0 spiro atoms. The molecule has 4 rings (SSSR count). The van der Waals surface area contributed by atoms with Gasteiger partial charge in [-0.15, -0.1) is 11.3 Å². The molecule has 8 heteroatoms. The number of rotatable bonds is 4. The molecule has 1 aliphatic heterocycles. The Kier molecular flexibility index (Phi) is 4.29. The van der Waals surface area contributed by atoms with Crippen molar-refractivity contribution >= 4 is 22.2 Å². The van der Waals surface area contributed by atoms with Gasteiger partial charge >= 0.3 is 0 Å². The largest absolute Gasteiger partial charge is 0.339 e. The number of amides is 1. The van der Waals surface area contributed by atoms with Crippen LogP contribution in [0.15, 0.2) is 22.3 Å². The van der Waals surface area contributed by atoms with E-state index in [0.29, 0.717) is 24.0 Å². The number of fused-ring (bicyclic) bond motifs is 1. The van der Waals surface area contributed by atoms with E-state index in [9.17, 15) is 4.79 Å². The van der Waals surface area contributed by atoms with E-state index in [1.165, 1.54) is 11.3 Å². The number of piperidine rings is 1. The Morgan fingerprint density at radius 1 is 1.44 bits per heavy atom. The van der Waals surface area contributed by atoms with Gasteiger partial charge in [-0.3, -0.25) is 9.20 Å². The predicted octanol–water partition coefficient (Wildman–Crippen LogP) is 3.00. The van der Waals surface area contributed by atoms with Crippen molar-refractivity contribution in [2.45, 2.75) is 39.0 Å². The number of nitrogens with zero attached hydrogens (tertiary/aromatic N) is 5. The van der Waals surface area contributed by atoms with E-state index in [2.05, 4.69) is 29.0 Å². The van der Waals surface area contributed by atoms with E-state index in [1.807, 2.05) is 20.9 Å². The van der Waals surface area contributed by atoms with Gasteiger partial charge in [-0.1, -0.05) is 19.0 Å². The number of likely N-dealkylation sites (tertiary alicyclic amines) is 1. The molecule has 0 unspecified atom stereocenters. The minimum Gasteiger partial charge on any atom is -0.339 e. The Bertz CT molecular complexity index is 852. The quantitative estimate of drug-likeness (QED) is 0.716. The van der Waals surface area contributed by atoms with E-state index in [4.69, 9.17) is 4.52 Å². The van der Waals surface area contributed by atoms with Gasteiger partial charge in [-0.2, -0.15) is 4.98 Å². The van der Waals surface area contributed by atoms with Crippen molar-refractivity contribution in [1.29, 1.82) is 0 Å². The molecule has 4 heterocycles. The second-order valence-corrected chi connectivity index (χ2v) is 7.83. The number of carbonyl (C=O) groups is 1. The topological polar surface area (TPSA) is 76.5 Å². The molecule has 1 amide bonds. The predicted molar refractivity (Wildman–Crippen MR) is 93.8 cm³/mol. The molecule has 1 fully saturated rings. The lowest BCUT2D eigenvalue weighted by Crippen LogP contribution is -2.39. The van der Waals surface area contributed by atoms with Gasteiger partial charge in [0.1, 0.15) is 5.69 Å². The Labute approximate surface area is 149 Å².